The van der Waals surface area contributed by atoms with Crippen LogP contribution in [0.1, 0.15) is 47.1 Å². The predicted octanol–water partition coefficient (Wildman–Crippen LogP) is 3.25. The van der Waals surface area contributed by atoms with Crippen LogP contribution in [0.15, 0.2) is 60.7 Å². The lowest BCUT2D eigenvalue weighted by Crippen LogP contribution is -2.51. The molecular formula is C30H37N7O2. The lowest BCUT2D eigenvalue weighted by Gasteiger charge is -2.35. The molecule has 0 radical (unpaired) electrons. The van der Waals surface area contributed by atoms with Gasteiger partial charge in [-0.05, 0) is 39.1 Å². The summed E-state index contributed by atoms with van der Waals surface area (Å²) in [6.07, 6.45) is 0. The molecule has 204 valence electrons. The molecule has 0 unspecified atom stereocenters. The van der Waals surface area contributed by atoms with Crippen LogP contribution < -0.4 is 10.2 Å². The summed E-state index contributed by atoms with van der Waals surface area (Å²) in [5.74, 6) is 1.25. The number of benzene rings is 2. The summed E-state index contributed by atoms with van der Waals surface area (Å²) in [5, 5.41) is 3.69. The summed E-state index contributed by atoms with van der Waals surface area (Å²) in [5.41, 5.74) is 3.50. The van der Waals surface area contributed by atoms with Crippen molar-refractivity contribution in [1.82, 2.24) is 24.7 Å². The van der Waals surface area contributed by atoms with Crippen molar-refractivity contribution >= 4 is 23.6 Å². The molecule has 0 atom stereocenters. The Kier molecular flexibility index (Phi) is 7.79. The molecule has 1 saturated heterocycles. The Bertz CT molecular complexity index is 1270. The molecule has 2 aliphatic heterocycles. The number of anilines is 2. The van der Waals surface area contributed by atoms with Crippen LogP contribution in [0.4, 0.5) is 11.8 Å². The molecule has 0 bridgehead atoms. The number of hydrogen-bond donors (Lipinski definition) is 1. The standard InChI is InChI=1S/C30H37N7O2/c1-21(2)37-19-24-27(29(37)39)32-30(36-17-15-35(16-18-36)25(38)20-34(3)4)33-28(24)31-26(22-11-7-5-8-12-22)23-13-9-6-10-14-23/h5-14,21,26H,15-20H2,1-4H3,(H,31,32,33). The topological polar surface area (TPSA) is 84.9 Å². The molecule has 9 nitrogen and oxygen atoms in total. The predicted molar refractivity (Wildman–Crippen MR) is 153 cm³/mol. The van der Waals surface area contributed by atoms with Crippen LogP contribution in [0.5, 0.6) is 0 Å². The van der Waals surface area contributed by atoms with Gasteiger partial charge in [0, 0.05) is 37.8 Å². The van der Waals surface area contributed by atoms with Crippen molar-refractivity contribution in [3.05, 3.63) is 83.0 Å². The number of aromatic nitrogens is 2. The van der Waals surface area contributed by atoms with E-state index in [1.54, 1.807) is 0 Å². The Morgan fingerprint density at radius 1 is 0.923 bits per heavy atom. The molecule has 0 spiro atoms. The van der Waals surface area contributed by atoms with Crippen molar-refractivity contribution in [1.29, 1.82) is 0 Å². The number of carbonyl (C=O) groups excluding carboxylic acids is 2. The Balaban J connectivity index is 1.49. The molecule has 3 aromatic rings. The fourth-order valence-electron chi connectivity index (χ4n) is 5.17. The molecule has 1 aromatic heterocycles. The van der Waals surface area contributed by atoms with Crippen molar-refractivity contribution < 1.29 is 9.59 Å². The van der Waals surface area contributed by atoms with Crippen molar-refractivity contribution in [3.8, 4) is 0 Å². The van der Waals surface area contributed by atoms with Crippen molar-refractivity contribution in [3.63, 3.8) is 0 Å². The molecule has 5 rings (SSSR count). The maximum Gasteiger partial charge on any atom is 0.273 e. The van der Waals surface area contributed by atoms with E-state index in [2.05, 4.69) is 34.5 Å². The lowest BCUT2D eigenvalue weighted by atomic mass is 9.98. The highest BCUT2D eigenvalue weighted by molar-refractivity contribution is 5.98. The maximum absolute atomic E-state index is 13.4. The third kappa shape index (κ3) is 5.73. The Labute approximate surface area is 230 Å². The van der Waals surface area contributed by atoms with Gasteiger partial charge < -0.3 is 24.9 Å². The number of rotatable bonds is 8. The fourth-order valence-corrected chi connectivity index (χ4v) is 5.17. The highest BCUT2D eigenvalue weighted by Crippen LogP contribution is 2.34. The molecule has 2 aliphatic rings. The summed E-state index contributed by atoms with van der Waals surface area (Å²) < 4.78 is 0. The molecule has 0 saturated carbocycles. The van der Waals surface area contributed by atoms with Crippen LogP contribution in [0.3, 0.4) is 0 Å². The van der Waals surface area contributed by atoms with Crippen LogP contribution in [0, 0.1) is 0 Å². The van der Waals surface area contributed by atoms with Crippen LogP contribution in [-0.4, -0.2) is 89.3 Å². The van der Waals surface area contributed by atoms with E-state index in [9.17, 15) is 9.59 Å². The SMILES string of the molecule is CC(C)N1Cc2c(NC(c3ccccc3)c3ccccc3)nc(N3CCN(C(=O)CN(C)C)CC3)nc2C1=O. The van der Waals surface area contributed by atoms with Gasteiger partial charge in [0.05, 0.1) is 19.1 Å². The third-order valence-electron chi connectivity index (χ3n) is 7.32. The number of fused-ring (bicyclic) bond motifs is 1. The van der Waals surface area contributed by atoms with Crippen LogP contribution in [-0.2, 0) is 11.3 Å². The highest BCUT2D eigenvalue weighted by Gasteiger charge is 2.36. The number of hydrogen-bond acceptors (Lipinski definition) is 7. The smallest absolute Gasteiger partial charge is 0.273 e. The second-order valence-corrected chi connectivity index (χ2v) is 10.7. The van der Waals surface area contributed by atoms with Gasteiger partial charge in [-0.1, -0.05) is 60.7 Å². The van der Waals surface area contributed by atoms with Crippen molar-refractivity contribution in [2.45, 2.75) is 32.5 Å². The zero-order valence-corrected chi connectivity index (χ0v) is 23.2. The molecule has 1 N–H and O–H groups in total. The number of likely N-dealkylation sites (N-methyl/N-ethyl adjacent to an activating group) is 1. The van der Waals surface area contributed by atoms with E-state index in [4.69, 9.17) is 9.97 Å². The lowest BCUT2D eigenvalue weighted by molar-refractivity contribution is -0.132. The average molecular weight is 528 g/mol. The van der Waals surface area contributed by atoms with E-state index in [0.29, 0.717) is 56.7 Å². The number of piperazine rings is 1. The Morgan fingerprint density at radius 3 is 2.05 bits per heavy atom. The van der Waals surface area contributed by atoms with Gasteiger partial charge in [0.15, 0.2) is 0 Å². The van der Waals surface area contributed by atoms with Gasteiger partial charge in [-0.15, -0.1) is 0 Å². The van der Waals surface area contributed by atoms with Gasteiger partial charge in [0.2, 0.25) is 11.9 Å². The second-order valence-electron chi connectivity index (χ2n) is 10.7. The largest absolute Gasteiger partial charge is 0.359 e. The minimum atomic E-state index is -0.150. The van der Waals surface area contributed by atoms with Crippen LogP contribution >= 0.6 is 0 Å². The fraction of sp³-hybridized carbons (Fsp3) is 0.400. The first-order chi connectivity index (χ1) is 18.8. The van der Waals surface area contributed by atoms with E-state index < -0.39 is 0 Å². The van der Waals surface area contributed by atoms with Crippen LogP contribution in [0.25, 0.3) is 0 Å². The van der Waals surface area contributed by atoms with E-state index in [-0.39, 0.29) is 23.9 Å². The maximum atomic E-state index is 13.4. The van der Waals surface area contributed by atoms with Gasteiger partial charge in [0.1, 0.15) is 11.5 Å². The molecule has 2 aromatic carbocycles. The summed E-state index contributed by atoms with van der Waals surface area (Å²) in [6, 6.07) is 20.4. The minimum absolute atomic E-state index is 0.0493. The number of nitrogens with zero attached hydrogens (tertiary/aromatic N) is 6. The molecule has 9 heteroatoms. The molecular weight excluding hydrogens is 490 g/mol. The monoisotopic (exact) mass is 527 g/mol. The van der Waals surface area contributed by atoms with Gasteiger partial charge in [-0.3, -0.25) is 9.59 Å². The number of carbonyl (C=O) groups is 2. The molecule has 3 heterocycles. The van der Waals surface area contributed by atoms with E-state index in [0.717, 1.165) is 16.7 Å². The first kappa shape index (κ1) is 26.6. The first-order valence-electron chi connectivity index (χ1n) is 13.6. The molecule has 1 fully saturated rings. The Morgan fingerprint density at radius 2 is 1.51 bits per heavy atom. The third-order valence-corrected chi connectivity index (χ3v) is 7.32. The molecule has 0 aliphatic carbocycles. The summed E-state index contributed by atoms with van der Waals surface area (Å²) >= 11 is 0. The second kappa shape index (κ2) is 11.4. The normalized spacial score (nSPS) is 15.5. The summed E-state index contributed by atoms with van der Waals surface area (Å²) in [4.78, 5) is 43.5. The average Bonchev–Trinajstić information content (AvgIpc) is 3.29. The number of nitrogens with one attached hydrogen (secondary N) is 1. The summed E-state index contributed by atoms with van der Waals surface area (Å²) in [7, 11) is 3.80. The van der Waals surface area contributed by atoms with Gasteiger partial charge in [0.25, 0.3) is 5.91 Å². The van der Waals surface area contributed by atoms with Gasteiger partial charge in [-0.25, -0.2) is 4.98 Å². The number of amides is 2. The minimum Gasteiger partial charge on any atom is -0.359 e. The zero-order chi connectivity index (χ0) is 27.5. The van der Waals surface area contributed by atoms with Gasteiger partial charge in [-0.2, -0.15) is 4.98 Å². The van der Waals surface area contributed by atoms with Gasteiger partial charge >= 0.3 is 0 Å². The first-order valence-corrected chi connectivity index (χ1v) is 13.6. The Hall–Kier alpha value is -3.98. The van der Waals surface area contributed by atoms with Crippen LogP contribution in [0.2, 0.25) is 0 Å². The molecule has 2 amide bonds. The van der Waals surface area contributed by atoms with E-state index >= 15 is 0 Å². The zero-order valence-electron chi connectivity index (χ0n) is 23.2. The molecule has 39 heavy (non-hydrogen) atoms. The highest BCUT2D eigenvalue weighted by atomic mass is 16.2. The quantitative estimate of drug-likeness (QED) is 0.481. The van der Waals surface area contributed by atoms with E-state index in [1.807, 2.05) is 79.0 Å². The summed E-state index contributed by atoms with van der Waals surface area (Å²) in [6.45, 7) is 7.32. The van der Waals surface area contributed by atoms with E-state index in [1.165, 1.54) is 0 Å². The van der Waals surface area contributed by atoms with Crippen molar-refractivity contribution in [2.24, 2.45) is 0 Å². The van der Waals surface area contributed by atoms with Crippen molar-refractivity contribution in [2.75, 3.05) is 57.0 Å².